The average Bonchev–Trinajstić information content (AvgIpc) is 3.33. The molecule has 0 radical (unpaired) electrons. The summed E-state index contributed by atoms with van der Waals surface area (Å²) in [4.78, 5) is 8.93. The molecule has 0 amide bonds. The first-order valence-electron chi connectivity index (χ1n) is 11.6. The minimum absolute atomic E-state index is 0.0266. The van der Waals surface area contributed by atoms with Gasteiger partial charge in [0.25, 0.3) is 6.33 Å². The van der Waals surface area contributed by atoms with Crippen molar-refractivity contribution in [1.82, 2.24) is 35.3 Å². The van der Waals surface area contributed by atoms with Crippen LogP contribution in [0.1, 0.15) is 31.0 Å². The molecular formula is C25H22ClFN9+. The van der Waals surface area contributed by atoms with Crippen molar-refractivity contribution in [1.29, 1.82) is 0 Å². The fourth-order valence-electron chi connectivity index (χ4n) is 4.33. The van der Waals surface area contributed by atoms with Gasteiger partial charge in [-0.3, -0.25) is 9.67 Å². The predicted octanol–water partition coefficient (Wildman–Crippen LogP) is 4.17. The number of hydrogen-bond donors (Lipinski definition) is 2. The van der Waals surface area contributed by atoms with Crippen LogP contribution in [0.5, 0.6) is 0 Å². The molecule has 1 saturated carbocycles. The Bertz CT molecular complexity index is 1490. The Kier molecular flexibility index (Phi) is 5.65. The molecule has 1 aliphatic carbocycles. The lowest BCUT2D eigenvalue weighted by Gasteiger charge is -2.18. The van der Waals surface area contributed by atoms with Crippen molar-refractivity contribution in [3.05, 3.63) is 84.0 Å². The number of nitrogens with two attached hydrogens (primary N) is 1. The van der Waals surface area contributed by atoms with Crippen LogP contribution in [0.15, 0.2) is 67.5 Å². The predicted molar refractivity (Wildman–Crippen MR) is 131 cm³/mol. The van der Waals surface area contributed by atoms with E-state index in [1.54, 1.807) is 24.5 Å². The number of hydrogen-bond acceptors (Lipinski definition) is 6. The van der Waals surface area contributed by atoms with Crippen LogP contribution in [0, 0.1) is 11.7 Å². The molecule has 3 N–H and O–H groups in total. The summed E-state index contributed by atoms with van der Waals surface area (Å²) < 4.78 is 18.6. The molecule has 36 heavy (non-hydrogen) atoms. The monoisotopic (exact) mass is 502 g/mol. The zero-order valence-corrected chi connectivity index (χ0v) is 19.8. The summed E-state index contributed by atoms with van der Waals surface area (Å²) >= 11 is 6.12. The van der Waals surface area contributed by atoms with E-state index in [0.29, 0.717) is 28.6 Å². The van der Waals surface area contributed by atoms with Crippen LogP contribution in [0.25, 0.3) is 27.9 Å². The van der Waals surface area contributed by atoms with E-state index in [4.69, 9.17) is 22.3 Å². The Morgan fingerprint density at radius 2 is 1.89 bits per heavy atom. The molecule has 1 aliphatic rings. The number of benzene rings is 1. The van der Waals surface area contributed by atoms with Crippen LogP contribution in [0.2, 0.25) is 5.02 Å². The highest BCUT2D eigenvalue weighted by Gasteiger charge is 2.29. The van der Waals surface area contributed by atoms with Crippen molar-refractivity contribution in [2.75, 3.05) is 5.73 Å². The lowest BCUT2D eigenvalue weighted by molar-refractivity contribution is -0.659. The summed E-state index contributed by atoms with van der Waals surface area (Å²) in [6.45, 7) is 0. The maximum absolute atomic E-state index is 15.2. The molecular weight excluding hydrogens is 481 g/mol. The molecule has 1 atom stereocenters. The van der Waals surface area contributed by atoms with E-state index in [-0.39, 0.29) is 11.1 Å². The van der Waals surface area contributed by atoms with Gasteiger partial charge in [0.2, 0.25) is 0 Å². The van der Waals surface area contributed by atoms with Crippen molar-refractivity contribution >= 4 is 17.4 Å². The van der Waals surface area contributed by atoms with Crippen molar-refractivity contribution in [3.63, 3.8) is 0 Å². The summed E-state index contributed by atoms with van der Waals surface area (Å²) in [5, 5.41) is 14.9. The van der Waals surface area contributed by atoms with E-state index in [0.717, 1.165) is 23.2 Å². The maximum atomic E-state index is 15.2. The third kappa shape index (κ3) is 4.31. The van der Waals surface area contributed by atoms with Gasteiger partial charge in [-0.05, 0) is 42.7 Å². The van der Waals surface area contributed by atoms with Gasteiger partial charge < -0.3 is 5.73 Å². The zero-order valence-electron chi connectivity index (χ0n) is 19.1. The topological polar surface area (TPSA) is 115 Å². The first-order valence-corrected chi connectivity index (χ1v) is 11.9. The standard InChI is InChI=1S/C25H21ClFN9/c26-19-5-7-21(36-14-31-33-34-36)24(25(19)27)17-3-6-20(29-11-17)22(9-15-1-2-15)35-13-18(12-32-35)16-4-8-23(28)30-10-16/h3-8,10-15,22H,1-2,9H2,(H2,28,30)/p+1. The van der Waals surface area contributed by atoms with Crippen molar-refractivity contribution < 1.29 is 9.07 Å². The van der Waals surface area contributed by atoms with E-state index in [2.05, 4.69) is 25.6 Å². The van der Waals surface area contributed by atoms with Crippen LogP contribution in [0.3, 0.4) is 0 Å². The second-order valence-electron chi connectivity index (χ2n) is 8.90. The lowest BCUT2D eigenvalue weighted by Crippen LogP contribution is -2.33. The number of aromatic nitrogens is 8. The SMILES string of the molecule is Nc1ccc(-c2cnn(C(CC3CC3)c3ccc(-c4c(-[n+]5cnn[nH]5)ccc(Cl)c4F)cn3)c2)cn1. The molecule has 11 heteroatoms. The molecule has 1 unspecified atom stereocenters. The number of rotatable bonds is 7. The summed E-state index contributed by atoms with van der Waals surface area (Å²) in [7, 11) is 0. The van der Waals surface area contributed by atoms with Gasteiger partial charge in [0.15, 0.2) is 11.0 Å². The Labute approximate surface area is 210 Å². The van der Waals surface area contributed by atoms with Gasteiger partial charge in [-0.1, -0.05) is 35.7 Å². The van der Waals surface area contributed by atoms with E-state index in [1.807, 2.05) is 35.3 Å². The minimum Gasteiger partial charge on any atom is -0.384 e. The molecule has 0 saturated heterocycles. The fraction of sp³-hybridized carbons (Fsp3) is 0.200. The van der Waals surface area contributed by atoms with Crippen LogP contribution < -0.4 is 10.4 Å². The quantitative estimate of drug-likeness (QED) is 0.323. The summed E-state index contributed by atoms with van der Waals surface area (Å²) in [6.07, 6.45) is 12.0. The van der Waals surface area contributed by atoms with Crippen LogP contribution in [0.4, 0.5) is 10.2 Å². The molecule has 0 bridgehead atoms. The number of tetrazole rings is 1. The molecule has 9 nitrogen and oxygen atoms in total. The summed E-state index contributed by atoms with van der Waals surface area (Å²) in [5.41, 5.74) is 9.91. The van der Waals surface area contributed by atoms with Crippen LogP contribution in [-0.2, 0) is 0 Å². The summed E-state index contributed by atoms with van der Waals surface area (Å²) in [6, 6.07) is 10.7. The molecule has 6 rings (SSSR count). The Balaban J connectivity index is 1.35. The van der Waals surface area contributed by atoms with Gasteiger partial charge in [0.05, 0.1) is 28.5 Å². The van der Waals surface area contributed by atoms with Gasteiger partial charge in [-0.25, -0.2) is 9.37 Å². The van der Waals surface area contributed by atoms with Crippen LogP contribution in [-0.4, -0.2) is 35.3 Å². The average molecular weight is 503 g/mol. The second-order valence-corrected chi connectivity index (χ2v) is 9.31. The zero-order chi connectivity index (χ0) is 24.6. The van der Waals surface area contributed by atoms with E-state index < -0.39 is 5.82 Å². The molecule has 1 aromatic carbocycles. The number of nitrogens with one attached hydrogen (secondary N) is 1. The highest BCUT2D eigenvalue weighted by atomic mass is 35.5. The molecule has 4 aromatic heterocycles. The Morgan fingerprint density at radius 1 is 1.06 bits per heavy atom. The number of H-pyrrole nitrogens is 1. The van der Waals surface area contributed by atoms with E-state index >= 15 is 4.39 Å². The third-order valence-corrected chi connectivity index (χ3v) is 6.71. The Hall–Kier alpha value is -4.18. The first kappa shape index (κ1) is 22.3. The molecule has 1 fully saturated rings. The number of nitrogens with zero attached hydrogens (tertiary/aromatic N) is 7. The number of anilines is 1. The van der Waals surface area contributed by atoms with Gasteiger partial charge in [-0.15, -0.1) is 4.68 Å². The highest BCUT2D eigenvalue weighted by Crippen LogP contribution is 2.39. The number of pyridine rings is 2. The molecule has 180 valence electrons. The molecule has 0 aliphatic heterocycles. The molecule has 0 spiro atoms. The molecule has 5 aromatic rings. The van der Waals surface area contributed by atoms with Gasteiger partial charge in [0.1, 0.15) is 16.6 Å². The number of halogens is 2. The first-order chi connectivity index (χ1) is 17.6. The number of aromatic amines is 1. The smallest absolute Gasteiger partial charge is 0.293 e. The van der Waals surface area contributed by atoms with E-state index in [9.17, 15) is 0 Å². The van der Waals surface area contributed by atoms with Gasteiger partial charge >= 0.3 is 0 Å². The van der Waals surface area contributed by atoms with Crippen molar-refractivity contribution in [2.24, 2.45) is 5.92 Å². The molecule has 4 heterocycles. The fourth-order valence-corrected chi connectivity index (χ4v) is 4.48. The lowest BCUT2D eigenvalue weighted by atomic mass is 10.0. The largest absolute Gasteiger partial charge is 0.384 e. The van der Waals surface area contributed by atoms with Crippen LogP contribution >= 0.6 is 11.6 Å². The summed E-state index contributed by atoms with van der Waals surface area (Å²) in [5.74, 6) is 0.585. The maximum Gasteiger partial charge on any atom is 0.293 e. The minimum atomic E-state index is -0.533. The van der Waals surface area contributed by atoms with Crippen molar-refractivity contribution in [3.8, 4) is 27.9 Å². The Morgan fingerprint density at radius 3 is 2.58 bits per heavy atom. The third-order valence-electron chi connectivity index (χ3n) is 6.42. The normalized spacial score (nSPS) is 14.2. The van der Waals surface area contributed by atoms with E-state index in [1.165, 1.54) is 29.9 Å². The van der Waals surface area contributed by atoms with Gasteiger partial charge in [-0.2, -0.15) is 5.10 Å². The number of nitrogen functional groups attached to an aromatic ring is 1. The second kappa shape index (κ2) is 9.12. The highest BCUT2D eigenvalue weighted by molar-refractivity contribution is 6.31. The van der Waals surface area contributed by atoms with Gasteiger partial charge in [0, 0.05) is 35.3 Å². The van der Waals surface area contributed by atoms with Crippen molar-refractivity contribution in [2.45, 2.75) is 25.3 Å².